The topological polar surface area (TPSA) is 49.3 Å². The van der Waals surface area contributed by atoms with Gasteiger partial charge < -0.3 is 10.4 Å². The van der Waals surface area contributed by atoms with Gasteiger partial charge in [-0.1, -0.05) is 36.4 Å². The number of amides is 1. The number of carbonyl (C=O) groups excluding carboxylic acids is 1. The lowest BCUT2D eigenvalue weighted by Gasteiger charge is -2.07. The Morgan fingerprint density at radius 3 is 2.47 bits per heavy atom. The van der Waals surface area contributed by atoms with Crippen molar-refractivity contribution in [3.63, 3.8) is 0 Å². The number of thiophene rings is 2. The second kappa shape index (κ2) is 7.97. The summed E-state index contributed by atoms with van der Waals surface area (Å²) >= 11 is 2.45. The van der Waals surface area contributed by atoms with Gasteiger partial charge in [-0.25, -0.2) is 0 Å². The van der Waals surface area contributed by atoms with Gasteiger partial charge in [0.05, 0.1) is 5.56 Å². The fourth-order valence-electron chi connectivity index (χ4n) is 2.96. The van der Waals surface area contributed by atoms with Crippen LogP contribution < -0.4 is 5.32 Å². The van der Waals surface area contributed by atoms with Crippen molar-refractivity contribution in [2.75, 3.05) is 0 Å². The number of halogens is 3. The molecule has 0 aliphatic carbocycles. The Balaban J connectivity index is 1.67. The van der Waals surface area contributed by atoms with Gasteiger partial charge in [-0.15, -0.1) is 22.7 Å². The molecule has 4 aromatic rings. The molecule has 2 aromatic carbocycles. The van der Waals surface area contributed by atoms with Crippen LogP contribution in [0.5, 0.6) is 5.75 Å². The van der Waals surface area contributed by atoms with Crippen molar-refractivity contribution in [1.29, 1.82) is 0 Å². The van der Waals surface area contributed by atoms with Crippen molar-refractivity contribution in [3.05, 3.63) is 93.1 Å². The molecule has 30 heavy (non-hydrogen) atoms. The summed E-state index contributed by atoms with van der Waals surface area (Å²) in [6.07, 6.45) is -2.98. The highest BCUT2D eigenvalue weighted by Gasteiger charge is 2.31. The molecule has 0 saturated heterocycles. The van der Waals surface area contributed by atoms with E-state index in [0.717, 1.165) is 39.5 Å². The maximum atomic E-state index is 13.0. The Hall–Kier alpha value is -3.10. The molecule has 152 valence electrons. The smallest absolute Gasteiger partial charge is 0.416 e. The van der Waals surface area contributed by atoms with Gasteiger partial charge in [0.15, 0.2) is 0 Å². The van der Waals surface area contributed by atoms with Crippen LogP contribution in [-0.2, 0) is 6.18 Å². The van der Waals surface area contributed by atoms with Crippen molar-refractivity contribution in [2.45, 2.75) is 6.18 Å². The summed E-state index contributed by atoms with van der Waals surface area (Å²) in [5.74, 6) is -1.04. The first kappa shape index (κ1) is 20.2. The number of rotatable bonds is 4. The summed E-state index contributed by atoms with van der Waals surface area (Å²) in [7, 11) is 0. The first-order chi connectivity index (χ1) is 14.3. The van der Waals surface area contributed by atoms with Crippen LogP contribution in [-0.4, -0.2) is 11.0 Å². The molecule has 0 radical (unpaired) electrons. The number of fused-ring (bicyclic) bond motifs is 1. The SMILES string of the molecule is O=C(N/C=C(/c1ccccc1)c1cccs1)c1sc2ccc(C(F)(F)F)cc2c1O. The molecule has 0 aliphatic rings. The first-order valence-corrected chi connectivity index (χ1v) is 10.5. The Morgan fingerprint density at radius 1 is 1.03 bits per heavy atom. The second-order valence-electron chi connectivity index (χ2n) is 6.36. The molecule has 8 heteroatoms. The number of aromatic hydroxyl groups is 1. The molecule has 2 N–H and O–H groups in total. The number of nitrogens with one attached hydrogen (secondary N) is 1. The van der Waals surface area contributed by atoms with Crippen molar-refractivity contribution in [3.8, 4) is 5.75 Å². The minimum absolute atomic E-state index is 0.00509. The molecule has 0 fully saturated rings. The Bertz CT molecular complexity index is 1230. The minimum Gasteiger partial charge on any atom is -0.506 e. The van der Waals surface area contributed by atoms with E-state index in [-0.39, 0.29) is 10.3 Å². The zero-order valence-electron chi connectivity index (χ0n) is 15.2. The zero-order valence-corrected chi connectivity index (χ0v) is 16.9. The predicted molar refractivity (Wildman–Crippen MR) is 114 cm³/mol. The van der Waals surface area contributed by atoms with Gasteiger partial charge in [0.1, 0.15) is 10.6 Å². The summed E-state index contributed by atoms with van der Waals surface area (Å²) in [5.41, 5.74) is 0.813. The van der Waals surface area contributed by atoms with E-state index in [4.69, 9.17) is 0 Å². The predicted octanol–water partition coefficient (Wildman–Crippen LogP) is 6.51. The monoisotopic (exact) mass is 445 g/mol. The van der Waals surface area contributed by atoms with Crippen LogP contribution in [0.4, 0.5) is 13.2 Å². The van der Waals surface area contributed by atoms with Crippen LogP contribution in [0.25, 0.3) is 15.7 Å². The summed E-state index contributed by atoms with van der Waals surface area (Å²) in [5, 5.41) is 15.0. The van der Waals surface area contributed by atoms with E-state index in [1.807, 2.05) is 47.8 Å². The maximum Gasteiger partial charge on any atom is 0.416 e. The average Bonchev–Trinajstić information content (AvgIpc) is 3.36. The van der Waals surface area contributed by atoms with Crippen LogP contribution in [0.3, 0.4) is 0 Å². The lowest BCUT2D eigenvalue weighted by Crippen LogP contribution is -2.16. The number of alkyl halides is 3. The van der Waals surface area contributed by atoms with E-state index in [2.05, 4.69) is 5.32 Å². The molecular formula is C22H14F3NO2S2. The second-order valence-corrected chi connectivity index (χ2v) is 8.36. The van der Waals surface area contributed by atoms with Crippen LogP contribution >= 0.6 is 22.7 Å². The van der Waals surface area contributed by atoms with E-state index in [0.29, 0.717) is 4.70 Å². The van der Waals surface area contributed by atoms with Crippen LogP contribution in [0, 0.1) is 0 Å². The van der Waals surface area contributed by atoms with E-state index >= 15 is 0 Å². The lowest BCUT2D eigenvalue weighted by molar-refractivity contribution is -0.137. The molecular weight excluding hydrogens is 431 g/mol. The molecule has 0 saturated carbocycles. The maximum absolute atomic E-state index is 13.0. The number of hydrogen-bond acceptors (Lipinski definition) is 4. The van der Waals surface area contributed by atoms with Crippen molar-refractivity contribution >= 4 is 44.2 Å². The van der Waals surface area contributed by atoms with E-state index in [9.17, 15) is 23.1 Å². The van der Waals surface area contributed by atoms with Crippen molar-refractivity contribution < 1.29 is 23.1 Å². The largest absolute Gasteiger partial charge is 0.506 e. The Labute approximate surface area is 177 Å². The molecule has 3 nitrogen and oxygen atoms in total. The third-order valence-electron chi connectivity index (χ3n) is 4.41. The van der Waals surface area contributed by atoms with Gasteiger partial charge in [-0.3, -0.25) is 4.79 Å². The quantitative estimate of drug-likeness (QED) is 0.376. The minimum atomic E-state index is -4.53. The fourth-order valence-corrected chi connectivity index (χ4v) is 4.71. The summed E-state index contributed by atoms with van der Waals surface area (Å²) in [6, 6.07) is 16.3. The van der Waals surface area contributed by atoms with Gasteiger partial charge in [0, 0.05) is 26.7 Å². The zero-order chi connectivity index (χ0) is 21.3. The highest BCUT2D eigenvalue weighted by atomic mass is 32.1. The molecule has 0 spiro atoms. The van der Waals surface area contributed by atoms with E-state index < -0.39 is 23.4 Å². The van der Waals surface area contributed by atoms with Crippen LogP contribution in [0.15, 0.2) is 72.2 Å². The molecule has 0 bridgehead atoms. The average molecular weight is 445 g/mol. The summed E-state index contributed by atoms with van der Waals surface area (Å²) in [6.45, 7) is 0. The van der Waals surface area contributed by atoms with Crippen molar-refractivity contribution in [1.82, 2.24) is 5.32 Å². The van der Waals surface area contributed by atoms with Gasteiger partial charge in [0.2, 0.25) is 0 Å². The standard InChI is InChI=1S/C22H14F3NO2S2/c23-22(24,25)14-8-9-18-15(11-14)19(27)20(30-18)21(28)26-12-16(17-7-4-10-29-17)13-5-2-1-3-6-13/h1-12,27H,(H,26,28)/b16-12-. The Morgan fingerprint density at radius 2 is 1.80 bits per heavy atom. The van der Waals surface area contributed by atoms with Crippen LogP contribution in [0.1, 0.15) is 25.7 Å². The third kappa shape index (κ3) is 3.96. The van der Waals surface area contributed by atoms with E-state index in [1.54, 1.807) is 6.20 Å². The van der Waals surface area contributed by atoms with Gasteiger partial charge >= 0.3 is 6.18 Å². The highest BCUT2D eigenvalue weighted by Crippen LogP contribution is 2.40. The molecule has 2 aromatic heterocycles. The van der Waals surface area contributed by atoms with Gasteiger partial charge in [0.25, 0.3) is 5.91 Å². The van der Waals surface area contributed by atoms with E-state index in [1.165, 1.54) is 17.4 Å². The number of hydrogen-bond donors (Lipinski definition) is 2. The Kier molecular flexibility index (Phi) is 5.36. The normalized spacial score (nSPS) is 12.3. The lowest BCUT2D eigenvalue weighted by atomic mass is 10.1. The molecule has 2 heterocycles. The molecule has 1 amide bonds. The first-order valence-electron chi connectivity index (χ1n) is 8.77. The fraction of sp³-hybridized carbons (Fsp3) is 0.0455. The summed E-state index contributed by atoms with van der Waals surface area (Å²) < 4.78 is 39.3. The number of carbonyl (C=O) groups is 1. The molecule has 4 rings (SSSR count). The molecule has 0 aliphatic heterocycles. The molecule has 0 atom stereocenters. The number of benzene rings is 2. The van der Waals surface area contributed by atoms with Gasteiger partial charge in [-0.2, -0.15) is 13.2 Å². The highest BCUT2D eigenvalue weighted by molar-refractivity contribution is 7.21. The third-order valence-corrected chi connectivity index (χ3v) is 6.48. The van der Waals surface area contributed by atoms with Crippen LogP contribution in [0.2, 0.25) is 0 Å². The molecule has 0 unspecified atom stereocenters. The summed E-state index contributed by atoms with van der Waals surface area (Å²) in [4.78, 5) is 13.6. The van der Waals surface area contributed by atoms with Gasteiger partial charge in [-0.05, 0) is 35.2 Å². The van der Waals surface area contributed by atoms with Crippen molar-refractivity contribution in [2.24, 2.45) is 0 Å².